The number of rotatable bonds is 10. The van der Waals surface area contributed by atoms with E-state index in [-0.39, 0.29) is 0 Å². The number of aromatic nitrogens is 6. The quantitative estimate of drug-likeness (QED) is 0.140. The van der Waals surface area contributed by atoms with Gasteiger partial charge in [0, 0.05) is 86.8 Å². The van der Waals surface area contributed by atoms with E-state index in [1.165, 1.54) is 128 Å². The minimum absolute atomic E-state index is 0.629. The molecular formula is C65H91N11. The van der Waals surface area contributed by atoms with Crippen molar-refractivity contribution in [2.24, 2.45) is 12.0 Å². The molecule has 11 nitrogen and oxygen atoms in total. The van der Waals surface area contributed by atoms with Crippen molar-refractivity contribution in [1.82, 2.24) is 39.5 Å². The third-order valence-corrected chi connectivity index (χ3v) is 14.8. The molecule has 7 aromatic rings. The second-order valence-corrected chi connectivity index (χ2v) is 20.2. The monoisotopic (exact) mass is 1030 g/mol. The molecule has 4 aliphatic rings. The number of H-pyrrole nitrogens is 1. The molecule has 0 atom stereocenters. The van der Waals surface area contributed by atoms with Gasteiger partial charge in [0.15, 0.2) is 5.82 Å². The first-order valence-electron chi connectivity index (χ1n) is 28.8. The number of likely N-dealkylation sites (tertiary alicyclic amines) is 1. The van der Waals surface area contributed by atoms with Gasteiger partial charge < -0.3 is 24.6 Å². The molecule has 2 N–H and O–H groups in total. The van der Waals surface area contributed by atoms with Crippen molar-refractivity contribution in [3.63, 3.8) is 0 Å². The van der Waals surface area contributed by atoms with E-state index in [4.69, 9.17) is 0 Å². The molecular weight excluding hydrogens is 935 g/mol. The molecule has 0 unspecified atom stereocenters. The summed E-state index contributed by atoms with van der Waals surface area (Å²) in [5.74, 6) is 4.72. The minimum atomic E-state index is 0.629. The van der Waals surface area contributed by atoms with E-state index < -0.39 is 0 Å². The fraction of sp³-hybridized carbons (Fsp3) is 0.462. The third-order valence-electron chi connectivity index (χ3n) is 14.8. The van der Waals surface area contributed by atoms with Crippen molar-refractivity contribution >= 4 is 17.3 Å². The van der Waals surface area contributed by atoms with E-state index in [0.29, 0.717) is 5.92 Å². The Morgan fingerprint density at radius 2 is 1.22 bits per heavy atom. The van der Waals surface area contributed by atoms with Gasteiger partial charge in [0.2, 0.25) is 0 Å². The van der Waals surface area contributed by atoms with E-state index in [1.807, 2.05) is 37.9 Å². The van der Waals surface area contributed by atoms with E-state index >= 15 is 0 Å². The smallest absolute Gasteiger partial charge is 0.155 e. The van der Waals surface area contributed by atoms with Gasteiger partial charge in [-0.25, -0.2) is 15.0 Å². The van der Waals surface area contributed by atoms with Crippen LogP contribution in [-0.2, 0) is 39.2 Å². The van der Waals surface area contributed by atoms with Crippen molar-refractivity contribution in [2.75, 3.05) is 63.1 Å². The van der Waals surface area contributed by atoms with Gasteiger partial charge in [-0.3, -0.25) is 10.1 Å². The van der Waals surface area contributed by atoms with Crippen molar-refractivity contribution in [1.29, 1.82) is 0 Å². The number of amidine groups is 1. The number of likely N-dealkylation sites (N-methyl/N-ethyl adjacent to an activating group) is 1. The molecule has 3 aromatic heterocycles. The van der Waals surface area contributed by atoms with Crippen LogP contribution < -0.4 is 10.2 Å². The zero-order chi connectivity index (χ0) is 54.1. The van der Waals surface area contributed by atoms with Gasteiger partial charge in [-0.2, -0.15) is 5.10 Å². The number of nitrogens with zero attached hydrogens (tertiary/aromatic N) is 9. The Morgan fingerprint density at radius 3 is 1.74 bits per heavy atom. The number of nitrogens with one attached hydrogen (secondary N) is 2. The maximum Gasteiger partial charge on any atom is 0.155 e. The highest BCUT2D eigenvalue weighted by Gasteiger charge is 2.25. The summed E-state index contributed by atoms with van der Waals surface area (Å²) in [6.07, 6.45) is 18.9. The van der Waals surface area contributed by atoms with Gasteiger partial charge in [-0.1, -0.05) is 153 Å². The summed E-state index contributed by atoms with van der Waals surface area (Å²) in [5, 5.41) is 9.96. The summed E-state index contributed by atoms with van der Waals surface area (Å²) in [6.45, 7) is 25.3. The van der Waals surface area contributed by atoms with E-state index in [1.54, 1.807) is 0 Å². The van der Waals surface area contributed by atoms with Crippen molar-refractivity contribution < 1.29 is 0 Å². The zero-order valence-electron chi connectivity index (χ0n) is 48.0. The maximum absolute atomic E-state index is 4.52. The standard InChI is InChI=1S/C19H30N2.C12H16N2.C12H14N2.C10H11N3.C10H14N2.C2H6/c1-16(2)17-6-8-18(9-7-17)21-14-10-19(11-15-21)20-12-4-3-5-13-20;2*1-3-10-4-6-11(7-5-10)12-13-8-9-14(12)2;1-2-8-3-5-9(6-4-8)10-11-7-12-13-10;1-2-9-6-5-8-4-3-7-11-10(8)12-9;1-2/h6-9,16,19H,3-5,10-15H2,1-2H3;4-7H,3,8-9H2,1-2H3;4-9H,3H2,1-2H3;3-7H,2H2,1H3,(H,11,12,13);5-6H,2-4,7H2,1H3,(H,11,12);1-2H3. The molecule has 76 heavy (non-hydrogen) atoms. The number of fused-ring (bicyclic) bond motifs is 1. The van der Waals surface area contributed by atoms with Crippen LogP contribution in [0.15, 0.2) is 133 Å². The van der Waals surface area contributed by atoms with Gasteiger partial charge in [0.25, 0.3) is 0 Å². The lowest BCUT2D eigenvalue weighted by Gasteiger charge is -2.41. The van der Waals surface area contributed by atoms with Gasteiger partial charge >= 0.3 is 0 Å². The minimum Gasteiger partial charge on any atom is -0.371 e. The highest BCUT2D eigenvalue weighted by Crippen LogP contribution is 2.27. The zero-order valence-corrected chi connectivity index (χ0v) is 48.0. The number of aryl methyl sites for hydroxylation is 6. The Labute approximate surface area is 457 Å². The summed E-state index contributed by atoms with van der Waals surface area (Å²) < 4.78 is 2.03. The normalized spacial score (nSPS) is 15.1. The summed E-state index contributed by atoms with van der Waals surface area (Å²) in [7, 11) is 4.11. The fourth-order valence-corrected chi connectivity index (χ4v) is 9.92. The van der Waals surface area contributed by atoms with Crippen LogP contribution in [0, 0.1) is 0 Å². The molecule has 0 radical (unpaired) electrons. The van der Waals surface area contributed by atoms with Gasteiger partial charge in [-0.15, -0.1) is 0 Å². The van der Waals surface area contributed by atoms with E-state index in [9.17, 15) is 0 Å². The molecule has 11 rings (SSSR count). The first-order chi connectivity index (χ1) is 37.2. The van der Waals surface area contributed by atoms with Gasteiger partial charge in [0.05, 0.1) is 6.54 Å². The number of benzene rings is 4. The predicted octanol–water partition coefficient (Wildman–Crippen LogP) is 13.9. The van der Waals surface area contributed by atoms with Crippen LogP contribution >= 0.6 is 0 Å². The van der Waals surface area contributed by atoms with Crippen molar-refractivity contribution in [2.45, 2.75) is 138 Å². The number of hydrogen-bond acceptors (Lipinski definition) is 9. The maximum atomic E-state index is 4.52. The molecule has 0 bridgehead atoms. The van der Waals surface area contributed by atoms with Gasteiger partial charge in [-0.05, 0) is 129 Å². The summed E-state index contributed by atoms with van der Waals surface area (Å²) in [4.78, 5) is 24.9. The molecule has 406 valence electrons. The number of piperidine rings is 2. The van der Waals surface area contributed by atoms with Crippen LogP contribution in [0.25, 0.3) is 22.8 Å². The molecule has 0 saturated carbocycles. The Balaban J connectivity index is 0.000000155. The average molecular weight is 1030 g/mol. The summed E-state index contributed by atoms with van der Waals surface area (Å²) >= 11 is 0. The molecule has 4 aliphatic heterocycles. The first kappa shape index (κ1) is 58.7. The molecule has 11 heteroatoms. The summed E-state index contributed by atoms with van der Waals surface area (Å²) in [5.41, 5.74) is 13.0. The Hall–Kier alpha value is -6.59. The van der Waals surface area contributed by atoms with E-state index in [0.717, 1.165) is 80.2 Å². The molecule has 0 amide bonds. The lowest BCUT2D eigenvalue weighted by Crippen LogP contribution is -2.46. The van der Waals surface area contributed by atoms with Crippen LogP contribution in [0.1, 0.15) is 139 Å². The molecule has 4 aromatic carbocycles. The number of imidazole rings is 1. The average Bonchev–Trinajstić information content (AvgIpc) is 4.30. The van der Waals surface area contributed by atoms with Crippen molar-refractivity contribution in [3.05, 3.63) is 167 Å². The summed E-state index contributed by atoms with van der Waals surface area (Å²) in [6, 6.07) is 40.0. The Bertz CT molecular complexity index is 2690. The number of aromatic amines is 1. The molecule has 7 heterocycles. The predicted molar refractivity (Wildman–Crippen MR) is 322 cm³/mol. The number of hydrogen-bond donors (Lipinski definition) is 2. The SMILES string of the molecule is CC.CC(C)c1ccc(N2CCC(N3CCCCC3)CC2)cc1.CCc1ccc(-c2nccn2C)cc1.CCc1ccc(-c2ncn[nH]2)cc1.CCc1ccc(C2=NCCN2C)cc1.CCc1ccc2c(n1)NCCC2. The number of anilines is 2. The largest absolute Gasteiger partial charge is 0.371 e. The first-order valence-corrected chi connectivity index (χ1v) is 28.8. The molecule has 2 saturated heterocycles. The fourth-order valence-electron chi connectivity index (χ4n) is 9.92. The van der Waals surface area contributed by atoms with Gasteiger partial charge in [0.1, 0.15) is 23.8 Å². The lowest BCUT2D eigenvalue weighted by atomic mass is 9.98. The van der Waals surface area contributed by atoms with Crippen LogP contribution in [0.5, 0.6) is 0 Å². The van der Waals surface area contributed by atoms with Crippen LogP contribution in [-0.4, -0.2) is 104 Å². The molecule has 0 aliphatic carbocycles. The molecule has 2 fully saturated rings. The van der Waals surface area contributed by atoms with Crippen LogP contribution in [0.4, 0.5) is 11.5 Å². The second kappa shape index (κ2) is 31.5. The topological polar surface area (TPSA) is 106 Å². The van der Waals surface area contributed by atoms with Crippen LogP contribution in [0.2, 0.25) is 0 Å². The van der Waals surface area contributed by atoms with Crippen LogP contribution in [0.3, 0.4) is 0 Å². The third kappa shape index (κ3) is 17.5. The second-order valence-electron chi connectivity index (χ2n) is 20.2. The highest BCUT2D eigenvalue weighted by atomic mass is 15.2. The number of pyridine rings is 1. The Kier molecular flexibility index (Phi) is 24.3. The lowest BCUT2D eigenvalue weighted by molar-refractivity contribution is 0.141. The highest BCUT2D eigenvalue weighted by molar-refractivity contribution is 5.99. The Morgan fingerprint density at radius 1 is 0.618 bits per heavy atom. The number of aliphatic imine (C=N–C) groups is 1. The van der Waals surface area contributed by atoms with Crippen molar-refractivity contribution in [3.8, 4) is 22.8 Å². The molecule has 0 spiro atoms. The van der Waals surface area contributed by atoms with E-state index in [2.05, 4.69) is 208 Å².